The van der Waals surface area contributed by atoms with Crippen LogP contribution in [0.2, 0.25) is 0 Å². The van der Waals surface area contributed by atoms with Crippen LogP contribution in [0.5, 0.6) is 11.5 Å². The number of rotatable bonds is 18. The standard InChI is InChI=1S/C45H52ClN3O17/c1-25(50)59-24-36-40(61-26(2)51)41(62-27(3)52)42(63-28(4)53)43(65-36)64-31-16-14-29(15-17-31)23-60-44(57)47(5)18-19-48(6)45(58)66-35-20-34-39(33-11-8-7-10-32(33)35)30(21-46)22-49(34)37(54)12-9-13-38(55)56/h7-8,10-11,14-17,20,30,36,40-43H,9,12-13,18-19,21-24H2,1-6H3,(H,55,56)/t30-,36-,40+,41+,42-,43-/m1/s1. The largest absolute Gasteiger partial charge is 0.481 e. The van der Waals surface area contributed by atoms with E-state index in [0.717, 1.165) is 38.6 Å². The zero-order valence-corrected chi connectivity index (χ0v) is 38.0. The van der Waals surface area contributed by atoms with Gasteiger partial charge in [0.1, 0.15) is 30.8 Å². The average Bonchev–Trinajstić information content (AvgIpc) is 3.64. The zero-order chi connectivity index (χ0) is 48.2. The zero-order valence-electron chi connectivity index (χ0n) is 37.2. The minimum atomic E-state index is -1.45. The highest BCUT2D eigenvalue weighted by Crippen LogP contribution is 2.46. The first-order valence-electron chi connectivity index (χ1n) is 20.9. The van der Waals surface area contributed by atoms with Crippen LogP contribution in [0.3, 0.4) is 0 Å². The summed E-state index contributed by atoms with van der Waals surface area (Å²) in [5.74, 6) is -3.84. The highest BCUT2D eigenvalue weighted by Gasteiger charge is 2.53. The first-order valence-corrected chi connectivity index (χ1v) is 21.4. The lowest BCUT2D eigenvalue weighted by Gasteiger charge is -2.43. The molecule has 0 bridgehead atoms. The quantitative estimate of drug-likeness (QED) is 0.101. The molecular weight excluding hydrogens is 890 g/mol. The summed E-state index contributed by atoms with van der Waals surface area (Å²) in [5.41, 5.74) is 1.93. The van der Waals surface area contributed by atoms with Gasteiger partial charge in [-0.2, -0.15) is 0 Å². The third kappa shape index (κ3) is 13.2. The predicted molar refractivity (Wildman–Crippen MR) is 232 cm³/mol. The van der Waals surface area contributed by atoms with Crippen LogP contribution in [-0.4, -0.2) is 140 Å². The van der Waals surface area contributed by atoms with Crippen molar-refractivity contribution in [2.24, 2.45) is 0 Å². The van der Waals surface area contributed by atoms with Crippen LogP contribution in [0, 0.1) is 0 Å². The summed E-state index contributed by atoms with van der Waals surface area (Å²) in [6.07, 6.45) is -8.22. The molecule has 2 aliphatic rings. The number of carbonyl (C=O) groups excluding carboxylic acids is 7. The van der Waals surface area contributed by atoms with E-state index >= 15 is 0 Å². The van der Waals surface area contributed by atoms with Crippen molar-refractivity contribution in [1.29, 1.82) is 0 Å². The maximum atomic E-state index is 13.4. The Kier molecular flexibility index (Phi) is 17.5. The molecule has 5 rings (SSSR count). The number of hydrogen-bond donors (Lipinski definition) is 1. The summed E-state index contributed by atoms with van der Waals surface area (Å²) < 4.78 is 44.7. The maximum absolute atomic E-state index is 13.4. The van der Waals surface area contributed by atoms with Gasteiger partial charge in [-0.3, -0.25) is 28.8 Å². The molecule has 0 saturated carbocycles. The summed E-state index contributed by atoms with van der Waals surface area (Å²) in [6, 6.07) is 15.1. The Morgan fingerprint density at radius 2 is 1.36 bits per heavy atom. The van der Waals surface area contributed by atoms with Gasteiger partial charge in [0.25, 0.3) is 0 Å². The highest BCUT2D eigenvalue weighted by atomic mass is 35.5. The van der Waals surface area contributed by atoms with E-state index in [0.29, 0.717) is 23.2 Å². The SMILES string of the molecule is CC(=O)OC[C@H]1O[C@@H](Oc2ccc(COC(=O)N(C)CCN(C)C(=O)Oc3cc4c(c5ccccc35)[C@H](CCl)CN4C(=O)CCCC(=O)O)cc2)[C@H](OC(C)=O)[C@@H](OC(C)=O)[C@H]1OC(C)=O. The van der Waals surface area contributed by atoms with Crippen LogP contribution in [0.1, 0.15) is 64.0 Å². The number of esters is 4. The molecule has 3 aromatic carbocycles. The number of carbonyl (C=O) groups is 8. The van der Waals surface area contributed by atoms with Crippen molar-refractivity contribution in [3.05, 3.63) is 65.7 Å². The monoisotopic (exact) mass is 941 g/mol. The molecular formula is C45H52ClN3O17. The van der Waals surface area contributed by atoms with Crippen molar-refractivity contribution in [3.63, 3.8) is 0 Å². The molecule has 0 radical (unpaired) electrons. The molecule has 1 N–H and O–H groups in total. The van der Waals surface area contributed by atoms with Gasteiger partial charge in [0.2, 0.25) is 18.3 Å². The lowest BCUT2D eigenvalue weighted by atomic mass is 9.95. The van der Waals surface area contributed by atoms with E-state index in [1.54, 1.807) is 35.2 Å². The molecule has 6 atom stereocenters. The smallest absolute Gasteiger partial charge is 0.415 e. The predicted octanol–water partition coefficient (Wildman–Crippen LogP) is 4.92. The van der Waals surface area contributed by atoms with Crippen molar-refractivity contribution in [3.8, 4) is 11.5 Å². The van der Waals surface area contributed by atoms with E-state index in [4.69, 9.17) is 54.6 Å². The molecule has 1 saturated heterocycles. The van der Waals surface area contributed by atoms with E-state index in [-0.39, 0.29) is 68.2 Å². The summed E-state index contributed by atoms with van der Waals surface area (Å²) >= 11 is 6.35. The van der Waals surface area contributed by atoms with Gasteiger partial charge in [-0.1, -0.05) is 36.4 Å². The molecule has 0 aromatic heterocycles. The molecule has 0 spiro atoms. The highest BCUT2D eigenvalue weighted by molar-refractivity contribution is 6.19. The van der Waals surface area contributed by atoms with Gasteiger partial charge in [0.15, 0.2) is 12.2 Å². The number of hydrogen-bond acceptors (Lipinski definition) is 16. The minimum Gasteiger partial charge on any atom is -0.481 e. The number of aliphatic carboxylic acids is 1. The van der Waals surface area contributed by atoms with Crippen LogP contribution < -0.4 is 14.4 Å². The Morgan fingerprint density at radius 1 is 0.758 bits per heavy atom. The number of ether oxygens (including phenoxy) is 8. The minimum absolute atomic E-state index is 0.0199. The normalized spacial score (nSPS) is 19.7. The molecule has 3 aromatic rings. The van der Waals surface area contributed by atoms with E-state index < -0.39 is 79.3 Å². The summed E-state index contributed by atoms with van der Waals surface area (Å²) in [6.45, 7) is 4.32. The third-order valence-corrected chi connectivity index (χ3v) is 10.8. The molecule has 0 aliphatic carbocycles. The van der Waals surface area contributed by atoms with Gasteiger partial charge >= 0.3 is 42.0 Å². The lowest BCUT2D eigenvalue weighted by Crippen LogP contribution is -2.63. The Balaban J connectivity index is 1.18. The van der Waals surface area contributed by atoms with E-state index in [9.17, 15) is 38.4 Å². The first-order chi connectivity index (χ1) is 31.4. The molecule has 66 heavy (non-hydrogen) atoms. The Bertz CT molecular complexity index is 2290. The fourth-order valence-electron chi connectivity index (χ4n) is 7.38. The number of anilines is 1. The number of likely N-dealkylation sites (N-methyl/N-ethyl adjacent to an activating group) is 2. The Morgan fingerprint density at radius 3 is 1.97 bits per heavy atom. The number of halogens is 1. The fourth-order valence-corrected chi connectivity index (χ4v) is 7.63. The maximum Gasteiger partial charge on any atom is 0.415 e. The lowest BCUT2D eigenvalue weighted by molar-refractivity contribution is -0.288. The summed E-state index contributed by atoms with van der Waals surface area (Å²) in [4.78, 5) is 103. The van der Waals surface area contributed by atoms with E-state index in [2.05, 4.69) is 0 Å². The van der Waals surface area contributed by atoms with Gasteiger partial charge in [-0.15, -0.1) is 11.6 Å². The van der Waals surface area contributed by atoms with Gasteiger partial charge in [0, 0.05) is 97.5 Å². The van der Waals surface area contributed by atoms with Crippen LogP contribution in [-0.2, 0) is 63.8 Å². The van der Waals surface area contributed by atoms with Crippen LogP contribution in [0.15, 0.2) is 54.6 Å². The molecule has 20 nitrogen and oxygen atoms in total. The molecule has 3 amide bonds. The van der Waals surface area contributed by atoms with Crippen molar-refractivity contribution in [2.45, 2.75) is 90.2 Å². The molecule has 2 heterocycles. The molecule has 0 unspecified atom stereocenters. The van der Waals surface area contributed by atoms with Crippen molar-refractivity contribution < 1.29 is 81.4 Å². The molecule has 356 valence electrons. The second-order valence-corrected chi connectivity index (χ2v) is 15.9. The van der Waals surface area contributed by atoms with Gasteiger partial charge in [0.05, 0.1) is 5.69 Å². The number of fused-ring (bicyclic) bond motifs is 3. The number of benzene rings is 3. The number of alkyl halides is 1. The molecule has 21 heteroatoms. The fraction of sp³-hybridized carbons (Fsp3) is 0.467. The number of nitrogens with zero attached hydrogens (tertiary/aromatic N) is 3. The number of carboxylic acids is 1. The summed E-state index contributed by atoms with van der Waals surface area (Å²) in [7, 11) is 3.00. The van der Waals surface area contributed by atoms with Gasteiger partial charge in [-0.25, -0.2) is 9.59 Å². The van der Waals surface area contributed by atoms with Crippen molar-refractivity contribution >= 4 is 76.0 Å². The second-order valence-electron chi connectivity index (χ2n) is 15.6. The first kappa shape index (κ1) is 50.3. The molecule has 1 fully saturated rings. The van der Waals surface area contributed by atoms with Crippen LogP contribution >= 0.6 is 11.6 Å². The van der Waals surface area contributed by atoms with Crippen molar-refractivity contribution in [2.75, 3.05) is 51.1 Å². The van der Waals surface area contributed by atoms with Crippen LogP contribution in [0.25, 0.3) is 10.8 Å². The van der Waals surface area contributed by atoms with Crippen molar-refractivity contribution in [1.82, 2.24) is 9.80 Å². The van der Waals surface area contributed by atoms with Gasteiger partial charge in [-0.05, 0) is 35.1 Å². The number of carboxylic acid groups (broad SMARTS) is 1. The Hall–Kier alpha value is -6.67. The average molecular weight is 942 g/mol. The molecule has 2 aliphatic heterocycles. The summed E-state index contributed by atoms with van der Waals surface area (Å²) in [5, 5.41) is 10.4. The van der Waals surface area contributed by atoms with Crippen LogP contribution in [0.4, 0.5) is 15.3 Å². The topological polar surface area (TPSA) is 240 Å². The Labute approximate surface area is 384 Å². The third-order valence-electron chi connectivity index (χ3n) is 10.5. The van der Waals surface area contributed by atoms with E-state index in [1.807, 2.05) is 12.1 Å². The van der Waals surface area contributed by atoms with Gasteiger partial charge < -0.3 is 57.7 Å². The van der Waals surface area contributed by atoms with E-state index in [1.165, 1.54) is 36.0 Å². The second kappa shape index (κ2) is 23.0. The number of amides is 3.